The van der Waals surface area contributed by atoms with Crippen molar-refractivity contribution >= 4 is 28.9 Å². The van der Waals surface area contributed by atoms with Gasteiger partial charge in [-0.05, 0) is 43.5 Å². The van der Waals surface area contributed by atoms with Crippen LogP contribution in [0.15, 0.2) is 12.1 Å². The van der Waals surface area contributed by atoms with Crippen molar-refractivity contribution in [1.82, 2.24) is 5.32 Å². The molecule has 17 heavy (non-hydrogen) atoms. The zero-order valence-corrected chi connectivity index (χ0v) is 11.3. The van der Waals surface area contributed by atoms with Crippen LogP contribution in [0, 0.1) is 0 Å². The zero-order chi connectivity index (χ0) is 12.3. The van der Waals surface area contributed by atoms with Crippen molar-refractivity contribution in [2.75, 3.05) is 12.3 Å². The van der Waals surface area contributed by atoms with Crippen molar-refractivity contribution in [2.24, 2.45) is 0 Å². The average molecular weight is 273 g/mol. The molecule has 4 heteroatoms. The van der Waals surface area contributed by atoms with Crippen LogP contribution in [0.2, 0.25) is 10.0 Å². The van der Waals surface area contributed by atoms with E-state index in [4.69, 9.17) is 28.9 Å². The SMILES string of the molecule is Nc1c(Cl)cc(CCNC2CCCC2)cc1Cl. The average Bonchev–Trinajstić information content (AvgIpc) is 2.79. The fourth-order valence-electron chi connectivity index (χ4n) is 2.33. The summed E-state index contributed by atoms with van der Waals surface area (Å²) in [5.74, 6) is 0. The van der Waals surface area contributed by atoms with Crippen LogP contribution in [0.1, 0.15) is 31.2 Å². The van der Waals surface area contributed by atoms with E-state index in [1.165, 1.54) is 25.7 Å². The topological polar surface area (TPSA) is 38.0 Å². The lowest BCUT2D eigenvalue weighted by atomic mass is 10.1. The maximum absolute atomic E-state index is 6.00. The first-order valence-corrected chi connectivity index (χ1v) is 6.89. The number of nitrogens with one attached hydrogen (secondary N) is 1. The molecule has 0 atom stereocenters. The van der Waals surface area contributed by atoms with E-state index in [1.807, 2.05) is 12.1 Å². The third-order valence-electron chi connectivity index (χ3n) is 3.34. The molecule has 0 aliphatic heterocycles. The largest absolute Gasteiger partial charge is 0.396 e. The maximum Gasteiger partial charge on any atom is 0.0693 e. The lowest BCUT2D eigenvalue weighted by Crippen LogP contribution is -2.27. The van der Waals surface area contributed by atoms with Gasteiger partial charge in [0.25, 0.3) is 0 Å². The fraction of sp³-hybridized carbons (Fsp3) is 0.538. The van der Waals surface area contributed by atoms with Crippen molar-refractivity contribution in [3.8, 4) is 0 Å². The van der Waals surface area contributed by atoms with E-state index in [0.717, 1.165) is 18.5 Å². The van der Waals surface area contributed by atoms with E-state index < -0.39 is 0 Å². The second-order valence-corrected chi connectivity index (χ2v) is 5.47. The number of hydrogen-bond acceptors (Lipinski definition) is 2. The molecule has 1 aliphatic carbocycles. The predicted octanol–water partition coefficient (Wildman–Crippen LogP) is 3.65. The quantitative estimate of drug-likeness (QED) is 0.822. The Hall–Kier alpha value is -0.440. The Morgan fingerprint density at radius 1 is 1.18 bits per heavy atom. The van der Waals surface area contributed by atoms with E-state index >= 15 is 0 Å². The third-order valence-corrected chi connectivity index (χ3v) is 3.97. The standard InChI is InChI=1S/C13H18Cl2N2/c14-11-7-9(8-12(15)13(11)16)5-6-17-10-3-1-2-4-10/h7-8,10,17H,1-6,16H2. The molecule has 1 aliphatic rings. The molecule has 2 rings (SSSR count). The lowest BCUT2D eigenvalue weighted by Gasteiger charge is -2.12. The molecule has 0 aromatic heterocycles. The molecule has 1 fully saturated rings. The summed E-state index contributed by atoms with van der Waals surface area (Å²) in [6.07, 6.45) is 6.27. The zero-order valence-electron chi connectivity index (χ0n) is 9.81. The van der Waals surface area contributed by atoms with Crippen LogP contribution in [-0.2, 0) is 6.42 Å². The first kappa shape index (κ1) is 13.0. The highest BCUT2D eigenvalue weighted by atomic mass is 35.5. The normalized spacial score (nSPS) is 16.6. The van der Waals surface area contributed by atoms with Crippen LogP contribution in [0.4, 0.5) is 5.69 Å². The van der Waals surface area contributed by atoms with Gasteiger partial charge in [-0.1, -0.05) is 36.0 Å². The molecule has 0 amide bonds. The Kier molecular flexibility index (Phi) is 4.55. The number of hydrogen-bond donors (Lipinski definition) is 2. The number of benzene rings is 1. The number of rotatable bonds is 4. The first-order chi connectivity index (χ1) is 8.16. The van der Waals surface area contributed by atoms with Gasteiger partial charge < -0.3 is 11.1 Å². The molecule has 94 valence electrons. The van der Waals surface area contributed by atoms with E-state index in [9.17, 15) is 0 Å². The number of anilines is 1. The molecular weight excluding hydrogens is 255 g/mol. The second-order valence-electron chi connectivity index (χ2n) is 4.66. The number of nitrogen functional groups attached to an aromatic ring is 1. The van der Waals surface area contributed by atoms with Gasteiger partial charge in [0.2, 0.25) is 0 Å². The molecule has 3 N–H and O–H groups in total. The van der Waals surface area contributed by atoms with Gasteiger partial charge in [-0.25, -0.2) is 0 Å². The van der Waals surface area contributed by atoms with E-state index in [2.05, 4.69) is 5.32 Å². The molecular formula is C13H18Cl2N2. The second kappa shape index (κ2) is 5.94. The number of nitrogens with two attached hydrogens (primary N) is 1. The Morgan fingerprint density at radius 2 is 1.76 bits per heavy atom. The summed E-state index contributed by atoms with van der Waals surface area (Å²) in [5.41, 5.74) is 7.31. The monoisotopic (exact) mass is 272 g/mol. The molecule has 0 heterocycles. The van der Waals surface area contributed by atoms with E-state index in [0.29, 0.717) is 21.8 Å². The van der Waals surface area contributed by atoms with Gasteiger partial charge in [-0.3, -0.25) is 0 Å². The van der Waals surface area contributed by atoms with Gasteiger partial charge in [0.15, 0.2) is 0 Å². The minimum atomic E-state index is 0.473. The molecule has 0 spiro atoms. The van der Waals surface area contributed by atoms with Crippen molar-refractivity contribution < 1.29 is 0 Å². The van der Waals surface area contributed by atoms with Gasteiger partial charge in [-0.15, -0.1) is 0 Å². The van der Waals surface area contributed by atoms with Crippen LogP contribution in [0.3, 0.4) is 0 Å². The summed E-state index contributed by atoms with van der Waals surface area (Å²) in [7, 11) is 0. The van der Waals surface area contributed by atoms with Crippen molar-refractivity contribution in [3.05, 3.63) is 27.7 Å². The Bertz CT molecular complexity index is 364. The van der Waals surface area contributed by atoms with Crippen molar-refractivity contribution in [3.63, 3.8) is 0 Å². The summed E-state index contributed by atoms with van der Waals surface area (Å²) in [6, 6.07) is 4.51. The van der Waals surface area contributed by atoms with E-state index in [-0.39, 0.29) is 0 Å². The molecule has 1 aromatic carbocycles. The van der Waals surface area contributed by atoms with Gasteiger partial charge >= 0.3 is 0 Å². The van der Waals surface area contributed by atoms with Crippen LogP contribution in [0.25, 0.3) is 0 Å². The van der Waals surface area contributed by atoms with Crippen LogP contribution < -0.4 is 11.1 Å². The lowest BCUT2D eigenvalue weighted by molar-refractivity contribution is 0.528. The first-order valence-electron chi connectivity index (χ1n) is 6.13. The van der Waals surface area contributed by atoms with Crippen LogP contribution in [0.5, 0.6) is 0 Å². The molecule has 0 radical (unpaired) electrons. The van der Waals surface area contributed by atoms with Gasteiger partial charge in [0.05, 0.1) is 15.7 Å². The van der Waals surface area contributed by atoms with Crippen molar-refractivity contribution in [2.45, 2.75) is 38.1 Å². The molecule has 1 aromatic rings. The molecule has 2 nitrogen and oxygen atoms in total. The maximum atomic E-state index is 6.00. The Morgan fingerprint density at radius 3 is 2.35 bits per heavy atom. The smallest absolute Gasteiger partial charge is 0.0693 e. The minimum Gasteiger partial charge on any atom is -0.396 e. The molecule has 0 unspecified atom stereocenters. The highest BCUT2D eigenvalue weighted by Gasteiger charge is 2.13. The summed E-state index contributed by atoms with van der Waals surface area (Å²) in [4.78, 5) is 0. The predicted molar refractivity (Wildman–Crippen MR) is 74.8 cm³/mol. The highest BCUT2D eigenvalue weighted by Crippen LogP contribution is 2.29. The van der Waals surface area contributed by atoms with Gasteiger partial charge in [-0.2, -0.15) is 0 Å². The summed E-state index contributed by atoms with van der Waals surface area (Å²) in [6.45, 7) is 0.973. The Balaban J connectivity index is 1.86. The fourth-order valence-corrected chi connectivity index (χ4v) is 2.86. The number of halogens is 2. The van der Waals surface area contributed by atoms with Gasteiger partial charge in [0.1, 0.15) is 0 Å². The van der Waals surface area contributed by atoms with Crippen molar-refractivity contribution in [1.29, 1.82) is 0 Å². The summed E-state index contributed by atoms with van der Waals surface area (Å²) >= 11 is 12.0. The molecule has 1 saturated carbocycles. The highest BCUT2D eigenvalue weighted by molar-refractivity contribution is 6.38. The van der Waals surface area contributed by atoms with E-state index in [1.54, 1.807) is 0 Å². The minimum absolute atomic E-state index is 0.473. The Labute approximate surface area is 112 Å². The third kappa shape index (κ3) is 3.51. The van der Waals surface area contributed by atoms with Crippen LogP contribution >= 0.6 is 23.2 Å². The van der Waals surface area contributed by atoms with Crippen LogP contribution in [-0.4, -0.2) is 12.6 Å². The summed E-state index contributed by atoms with van der Waals surface area (Å²) < 4.78 is 0. The molecule has 0 saturated heterocycles. The van der Waals surface area contributed by atoms with Gasteiger partial charge in [0, 0.05) is 6.04 Å². The molecule has 0 bridgehead atoms. The summed E-state index contributed by atoms with van der Waals surface area (Å²) in [5, 5.41) is 4.67.